The number of nitrogens with one attached hydrogen (secondary N) is 1. The first kappa shape index (κ1) is 15.4. The number of carbonyl (C=O) groups excluding carboxylic acids is 1. The summed E-state index contributed by atoms with van der Waals surface area (Å²) in [4.78, 5) is 14.2. The molecule has 4 nitrogen and oxygen atoms in total. The molecule has 0 aromatic rings. The first-order valence-electron chi connectivity index (χ1n) is 7.09. The molecule has 0 aromatic carbocycles. The van der Waals surface area contributed by atoms with Crippen LogP contribution in [-0.4, -0.2) is 48.7 Å². The molecule has 1 fully saturated rings. The number of esters is 1. The molecular weight excluding hydrogens is 228 g/mol. The van der Waals surface area contributed by atoms with Crippen molar-refractivity contribution in [3.05, 3.63) is 0 Å². The quantitative estimate of drug-likeness (QED) is 0.762. The van der Waals surface area contributed by atoms with Crippen LogP contribution in [0.5, 0.6) is 0 Å². The minimum atomic E-state index is -0.389. The molecular formula is C14H28N2O2. The van der Waals surface area contributed by atoms with E-state index in [4.69, 9.17) is 4.74 Å². The van der Waals surface area contributed by atoms with Crippen molar-refractivity contribution in [1.29, 1.82) is 0 Å². The van der Waals surface area contributed by atoms with Gasteiger partial charge in [0.05, 0.1) is 6.54 Å². The molecule has 0 amide bonds. The number of hydrogen-bond donors (Lipinski definition) is 1. The van der Waals surface area contributed by atoms with Gasteiger partial charge in [-0.15, -0.1) is 0 Å². The van der Waals surface area contributed by atoms with Gasteiger partial charge in [-0.05, 0) is 53.1 Å². The van der Waals surface area contributed by atoms with Gasteiger partial charge in [-0.2, -0.15) is 0 Å². The van der Waals surface area contributed by atoms with Crippen LogP contribution >= 0.6 is 0 Å². The van der Waals surface area contributed by atoms with E-state index in [1.54, 1.807) is 0 Å². The number of hydrogen-bond acceptors (Lipinski definition) is 4. The van der Waals surface area contributed by atoms with Crippen molar-refractivity contribution < 1.29 is 9.53 Å². The van der Waals surface area contributed by atoms with E-state index in [1.165, 1.54) is 12.8 Å². The van der Waals surface area contributed by atoms with Crippen LogP contribution in [0.4, 0.5) is 0 Å². The Hall–Kier alpha value is -0.610. The van der Waals surface area contributed by atoms with Gasteiger partial charge < -0.3 is 10.1 Å². The highest BCUT2D eigenvalue weighted by molar-refractivity contribution is 5.72. The van der Waals surface area contributed by atoms with Crippen molar-refractivity contribution in [3.63, 3.8) is 0 Å². The molecule has 0 radical (unpaired) electrons. The van der Waals surface area contributed by atoms with Gasteiger partial charge in [0.15, 0.2) is 0 Å². The normalized spacial score (nSPS) is 21.1. The van der Waals surface area contributed by atoms with Crippen molar-refractivity contribution >= 4 is 5.97 Å². The predicted octanol–water partition coefficient (Wildman–Crippen LogP) is 1.79. The second-order valence-corrected chi connectivity index (χ2v) is 6.06. The van der Waals surface area contributed by atoms with E-state index < -0.39 is 0 Å². The largest absolute Gasteiger partial charge is 0.459 e. The summed E-state index contributed by atoms with van der Waals surface area (Å²) in [5.74, 6) is -0.110. The number of ether oxygens (including phenoxy) is 1. The van der Waals surface area contributed by atoms with E-state index in [0.29, 0.717) is 12.6 Å². The van der Waals surface area contributed by atoms with E-state index in [0.717, 1.165) is 26.1 Å². The van der Waals surface area contributed by atoms with Gasteiger partial charge >= 0.3 is 5.97 Å². The minimum Gasteiger partial charge on any atom is -0.459 e. The fourth-order valence-electron chi connectivity index (χ4n) is 2.36. The van der Waals surface area contributed by atoms with Gasteiger partial charge in [0.2, 0.25) is 0 Å². The van der Waals surface area contributed by atoms with E-state index in [2.05, 4.69) is 17.1 Å². The summed E-state index contributed by atoms with van der Waals surface area (Å²) >= 11 is 0. The zero-order valence-electron chi connectivity index (χ0n) is 12.3. The van der Waals surface area contributed by atoms with Crippen LogP contribution in [0.2, 0.25) is 0 Å². The van der Waals surface area contributed by atoms with Crippen LogP contribution in [0.3, 0.4) is 0 Å². The van der Waals surface area contributed by atoms with E-state index in [9.17, 15) is 4.79 Å². The first-order valence-corrected chi connectivity index (χ1v) is 7.09. The summed E-state index contributed by atoms with van der Waals surface area (Å²) in [7, 11) is 0. The van der Waals surface area contributed by atoms with E-state index in [1.807, 2.05) is 20.8 Å². The van der Waals surface area contributed by atoms with E-state index >= 15 is 0 Å². The molecule has 1 rings (SSSR count). The molecule has 1 saturated heterocycles. The van der Waals surface area contributed by atoms with Crippen molar-refractivity contribution in [1.82, 2.24) is 10.2 Å². The summed E-state index contributed by atoms with van der Waals surface area (Å²) < 4.78 is 5.40. The Balaban J connectivity index is 2.48. The lowest BCUT2D eigenvalue weighted by molar-refractivity contribution is -0.156. The Morgan fingerprint density at radius 3 is 2.67 bits per heavy atom. The standard InChI is InChI=1S/C14H28N2O2/c1-5-9-16(12-7-6-8-15-10-12)11-13(17)18-14(2,3)4/h12,15H,5-11H2,1-4H3. The molecule has 0 aromatic heterocycles. The number of rotatable bonds is 5. The Labute approximate surface area is 111 Å². The molecule has 4 heteroatoms. The highest BCUT2D eigenvalue weighted by atomic mass is 16.6. The van der Waals surface area contributed by atoms with Crippen LogP contribution in [-0.2, 0) is 9.53 Å². The molecule has 1 N–H and O–H groups in total. The number of piperidine rings is 1. The van der Waals surface area contributed by atoms with Crippen molar-refractivity contribution in [2.75, 3.05) is 26.2 Å². The molecule has 1 heterocycles. The zero-order valence-corrected chi connectivity index (χ0v) is 12.3. The van der Waals surface area contributed by atoms with Crippen LogP contribution < -0.4 is 5.32 Å². The third-order valence-electron chi connectivity index (χ3n) is 3.05. The van der Waals surface area contributed by atoms with Crippen molar-refractivity contribution in [2.45, 2.75) is 58.6 Å². The average Bonchev–Trinajstić information content (AvgIpc) is 2.27. The highest BCUT2D eigenvalue weighted by Crippen LogP contribution is 2.13. The van der Waals surface area contributed by atoms with Crippen molar-refractivity contribution in [2.24, 2.45) is 0 Å². The first-order chi connectivity index (χ1) is 8.42. The molecule has 0 aliphatic carbocycles. The van der Waals surface area contributed by atoms with Crippen LogP contribution in [0, 0.1) is 0 Å². The Kier molecular flexibility index (Phi) is 6.09. The van der Waals surface area contributed by atoms with Crippen molar-refractivity contribution in [3.8, 4) is 0 Å². The lowest BCUT2D eigenvalue weighted by Gasteiger charge is -2.34. The minimum absolute atomic E-state index is 0.110. The Bertz CT molecular complexity index is 255. The SMILES string of the molecule is CCCN(CC(=O)OC(C)(C)C)C1CCCNC1. The average molecular weight is 256 g/mol. The fourth-order valence-corrected chi connectivity index (χ4v) is 2.36. The molecule has 0 spiro atoms. The third kappa shape index (κ3) is 5.83. The molecule has 0 saturated carbocycles. The number of carbonyl (C=O) groups is 1. The predicted molar refractivity (Wildman–Crippen MR) is 73.6 cm³/mol. The third-order valence-corrected chi connectivity index (χ3v) is 3.05. The summed E-state index contributed by atoms with van der Waals surface area (Å²) in [5, 5.41) is 3.40. The van der Waals surface area contributed by atoms with Gasteiger partial charge in [0.1, 0.15) is 5.60 Å². The maximum Gasteiger partial charge on any atom is 0.320 e. The molecule has 106 valence electrons. The monoisotopic (exact) mass is 256 g/mol. The lowest BCUT2D eigenvalue weighted by Crippen LogP contribution is -2.48. The van der Waals surface area contributed by atoms with Crippen LogP contribution in [0.15, 0.2) is 0 Å². The summed E-state index contributed by atoms with van der Waals surface area (Å²) in [6, 6.07) is 0.478. The van der Waals surface area contributed by atoms with Crippen LogP contribution in [0.1, 0.15) is 47.0 Å². The summed E-state index contributed by atoms with van der Waals surface area (Å²) in [6.07, 6.45) is 3.44. The molecule has 0 bridgehead atoms. The maximum atomic E-state index is 11.9. The maximum absolute atomic E-state index is 11.9. The molecule has 1 aliphatic heterocycles. The second kappa shape index (κ2) is 7.10. The lowest BCUT2D eigenvalue weighted by atomic mass is 10.1. The second-order valence-electron chi connectivity index (χ2n) is 6.06. The Morgan fingerprint density at radius 2 is 2.17 bits per heavy atom. The molecule has 1 atom stereocenters. The Morgan fingerprint density at radius 1 is 1.44 bits per heavy atom. The van der Waals surface area contributed by atoms with Gasteiger partial charge in [-0.3, -0.25) is 9.69 Å². The summed E-state index contributed by atoms with van der Waals surface area (Å²) in [5.41, 5.74) is -0.389. The summed E-state index contributed by atoms with van der Waals surface area (Å²) in [6.45, 7) is 11.4. The van der Waals surface area contributed by atoms with E-state index in [-0.39, 0.29) is 11.6 Å². The van der Waals surface area contributed by atoms with Gasteiger partial charge in [-0.1, -0.05) is 6.92 Å². The zero-order chi connectivity index (χ0) is 13.6. The van der Waals surface area contributed by atoms with Gasteiger partial charge in [-0.25, -0.2) is 0 Å². The van der Waals surface area contributed by atoms with Crippen LogP contribution in [0.25, 0.3) is 0 Å². The van der Waals surface area contributed by atoms with Gasteiger partial charge in [0.25, 0.3) is 0 Å². The van der Waals surface area contributed by atoms with Gasteiger partial charge in [0, 0.05) is 12.6 Å². The topological polar surface area (TPSA) is 41.6 Å². The molecule has 1 aliphatic rings. The fraction of sp³-hybridized carbons (Fsp3) is 0.929. The smallest absolute Gasteiger partial charge is 0.320 e. The number of nitrogens with zero attached hydrogens (tertiary/aromatic N) is 1. The highest BCUT2D eigenvalue weighted by Gasteiger charge is 2.24. The molecule has 18 heavy (non-hydrogen) atoms. The molecule has 1 unspecified atom stereocenters.